The van der Waals surface area contributed by atoms with Gasteiger partial charge in [-0.25, -0.2) is 0 Å². The quantitative estimate of drug-likeness (QED) is 0.856. The molecule has 0 amide bonds. The summed E-state index contributed by atoms with van der Waals surface area (Å²) < 4.78 is 40.3. The first-order valence-corrected chi connectivity index (χ1v) is 5.50. The van der Waals surface area contributed by atoms with Crippen LogP contribution < -0.4 is 10.1 Å². The highest BCUT2D eigenvalue weighted by molar-refractivity contribution is 5.60. The van der Waals surface area contributed by atoms with E-state index < -0.39 is 6.36 Å². The zero-order valence-corrected chi connectivity index (χ0v) is 9.64. The van der Waals surface area contributed by atoms with E-state index in [0.717, 1.165) is 17.8 Å². The molecule has 0 saturated carbocycles. The Hall–Kier alpha value is -1.39. The SMILES string of the molecule is CC(C)[C@@H]1CNc2ccc(OC(F)(F)F)cc21. The van der Waals surface area contributed by atoms with Gasteiger partial charge in [-0.05, 0) is 29.7 Å². The van der Waals surface area contributed by atoms with Gasteiger partial charge < -0.3 is 10.1 Å². The molecule has 0 unspecified atom stereocenters. The van der Waals surface area contributed by atoms with E-state index in [4.69, 9.17) is 0 Å². The lowest BCUT2D eigenvalue weighted by Crippen LogP contribution is -2.17. The Kier molecular flexibility index (Phi) is 2.93. The minimum absolute atomic E-state index is 0.148. The molecule has 1 aromatic rings. The maximum absolute atomic E-state index is 12.1. The number of hydrogen-bond donors (Lipinski definition) is 1. The monoisotopic (exact) mass is 245 g/mol. The lowest BCUT2D eigenvalue weighted by molar-refractivity contribution is -0.274. The van der Waals surface area contributed by atoms with Crippen LogP contribution in [0.1, 0.15) is 25.3 Å². The molecule has 0 aromatic heterocycles. The van der Waals surface area contributed by atoms with Crippen LogP contribution in [0.3, 0.4) is 0 Å². The number of ether oxygens (including phenoxy) is 1. The minimum atomic E-state index is -4.63. The van der Waals surface area contributed by atoms with Crippen LogP contribution in [0, 0.1) is 5.92 Å². The van der Waals surface area contributed by atoms with Crippen molar-refractivity contribution in [1.82, 2.24) is 0 Å². The molecule has 1 aliphatic rings. The summed E-state index contributed by atoms with van der Waals surface area (Å²) in [4.78, 5) is 0. The molecule has 1 N–H and O–H groups in total. The minimum Gasteiger partial charge on any atom is -0.406 e. The van der Waals surface area contributed by atoms with E-state index in [1.807, 2.05) is 0 Å². The smallest absolute Gasteiger partial charge is 0.406 e. The predicted octanol–water partition coefficient (Wildman–Crippen LogP) is 3.75. The fourth-order valence-electron chi connectivity index (χ4n) is 2.13. The van der Waals surface area contributed by atoms with Crippen LogP contribution in [0.2, 0.25) is 0 Å². The van der Waals surface area contributed by atoms with Crippen molar-refractivity contribution in [3.05, 3.63) is 23.8 Å². The van der Waals surface area contributed by atoms with Crippen molar-refractivity contribution in [2.24, 2.45) is 5.92 Å². The van der Waals surface area contributed by atoms with E-state index >= 15 is 0 Å². The first-order chi connectivity index (χ1) is 7.87. The Morgan fingerprint density at radius 1 is 1.35 bits per heavy atom. The molecular formula is C12H14F3NO. The molecule has 17 heavy (non-hydrogen) atoms. The Morgan fingerprint density at radius 3 is 2.65 bits per heavy atom. The van der Waals surface area contributed by atoms with Crippen molar-refractivity contribution in [1.29, 1.82) is 0 Å². The van der Waals surface area contributed by atoms with E-state index in [0.29, 0.717) is 5.92 Å². The van der Waals surface area contributed by atoms with E-state index in [2.05, 4.69) is 23.9 Å². The lowest BCUT2D eigenvalue weighted by Gasteiger charge is -2.15. The van der Waals surface area contributed by atoms with Gasteiger partial charge in [0.15, 0.2) is 0 Å². The van der Waals surface area contributed by atoms with Gasteiger partial charge in [0.1, 0.15) is 5.75 Å². The van der Waals surface area contributed by atoms with Crippen molar-refractivity contribution < 1.29 is 17.9 Å². The van der Waals surface area contributed by atoms with Crippen LogP contribution >= 0.6 is 0 Å². The number of benzene rings is 1. The van der Waals surface area contributed by atoms with E-state index in [9.17, 15) is 13.2 Å². The standard InChI is InChI=1S/C12H14F3NO/c1-7(2)10-6-16-11-4-3-8(5-9(10)11)17-12(13,14)15/h3-5,7,10,16H,6H2,1-2H3/t10-/m0/s1. The third-order valence-corrected chi connectivity index (χ3v) is 2.97. The van der Waals surface area contributed by atoms with Crippen LogP contribution in [0.4, 0.5) is 18.9 Å². The maximum Gasteiger partial charge on any atom is 0.573 e. The van der Waals surface area contributed by atoms with Gasteiger partial charge in [0.2, 0.25) is 0 Å². The molecule has 0 bridgehead atoms. The van der Waals surface area contributed by atoms with Gasteiger partial charge in [0.25, 0.3) is 0 Å². The summed E-state index contributed by atoms with van der Waals surface area (Å²) in [5.41, 5.74) is 1.81. The molecule has 0 aliphatic carbocycles. The Bertz CT molecular complexity index is 415. The highest BCUT2D eigenvalue weighted by Crippen LogP contribution is 2.39. The highest BCUT2D eigenvalue weighted by atomic mass is 19.4. The van der Waals surface area contributed by atoms with Crippen molar-refractivity contribution in [3.63, 3.8) is 0 Å². The second kappa shape index (κ2) is 4.13. The van der Waals surface area contributed by atoms with Crippen molar-refractivity contribution in [3.8, 4) is 5.75 Å². The Labute approximate surface area is 97.8 Å². The number of fused-ring (bicyclic) bond motifs is 1. The Morgan fingerprint density at radius 2 is 2.06 bits per heavy atom. The summed E-state index contributed by atoms with van der Waals surface area (Å²) in [6.45, 7) is 4.87. The number of nitrogens with one attached hydrogen (secondary N) is 1. The molecule has 0 fully saturated rings. The van der Waals surface area contributed by atoms with Crippen LogP contribution in [0.15, 0.2) is 18.2 Å². The summed E-state index contributed by atoms with van der Waals surface area (Å²) in [5, 5.41) is 3.18. The van der Waals surface area contributed by atoms with E-state index in [1.54, 1.807) is 6.07 Å². The maximum atomic E-state index is 12.1. The summed E-state index contributed by atoms with van der Waals surface area (Å²) in [6, 6.07) is 4.45. The lowest BCUT2D eigenvalue weighted by atomic mass is 9.90. The Balaban J connectivity index is 2.27. The molecule has 1 aromatic carbocycles. The van der Waals surface area contributed by atoms with Crippen LogP contribution in [0.25, 0.3) is 0 Å². The molecular weight excluding hydrogens is 231 g/mol. The first-order valence-electron chi connectivity index (χ1n) is 5.50. The molecule has 0 radical (unpaired) electrons. The van der Waals surface area contributed by atoms with Crippen LogP contribution in [-0.4, -0.2) is 12.9 Å². The predicted molar refractivity (Wildman–Crippen MR) is 59.2 cm³/mol. The van der Waals surface area contributed by atoms with Gasteiger partial charge in [0.05, 0.1) is 0 Å². The normalized spacial score (nSPS) is 19.1. The third kappa shape index (κ3) is 2.65. The summed E-state index contributed by atoms with van der Waals surface area (Å²) in [6.07, 6.45) is -4.63. The van der Waals surface area contributed by atoms with Crippen LogP contribution in [-0.2, 0) is 0 Å². The topological polar surface area (TPSA) is 21.3 Å². The van der Waals surface area contributed by atoms with E-state index in [-0.39, 0.29) is 11.7 Å². The second-order valence-electron chi connectivity index (χ2n) is 4.53. The van der Waals surface area contributed by atoms with Gasteiger partial charge in [-0.1, -0.05) is 13.8 Å². The molecule has 0 saturated heterocycles. The van der Waals surface area contributed by atoms with Crippen molar-refractivity contribution >= 4 is 5.69 Å². The van der Waals surface area contributed by atoms with Crippen molar-refractivity contribution in [2.75, 3.05) is 11.9 Å². The summed E-state index contributed by atoms with van der Waals surface area (Å²) in [5.74, 6) is 0.470. The molecule has 1 heterocycles. The number of alkyl halides is 3. The number of rotatable bonds is 2. The number of hydrogen-bond acceptors (Lipinski definition) is 2. The van der Waals surface area contributed by atoms with Gasteiger partial charge in [-0.15, -0.1) is 13.2 Å². The average molecular weight is 245 g/mol. The van der Waals surface area contributed by atoms with Gasteiger partial charge in [-0.2, -0.15) is 0 Å². The second-order valence-corrected chi connectivity index (χ2v) is 4.53. The number of anilines is 1. The van der Waals surface area contributed by atoms with Gasteiger partial charge in [0, 0.05) is 18.2 Å². The molecule has 1 atom stereocenters. The number of halogens is 3. The largest absolute Gasteiger partial charge is 0.573 e. The summed E-state index contributed by atoms with van der Waals surface area (Å²) in [7, 11) is 0. The molecule has 2 nitrogen and oxygen atoms in total. The van der Waals surface area contributed by atoms with Gasteiger partial charge >= 0.3 is 6.36 Å². The third-order valence-electron chi connectivity index (χ3n) is 2.97. The average Bonchev–Trinajstić information content (AvgIpc) is 2.57. The fraction of sp³-hybridized carbons (Fsp3) is 0.500. The van der Waals surface area contributed by atoms with E-state index in [1.165, 1.54) is 12.1 Å². The fourth-order valence-corrected chi connectivity index (χ4v) is 2.13. The molecule has 5 heteroatoms. The summed E-state index contributed by atoms with van der Waals surface area (Å²) >= 11 is 0. The highest BCUT2D eigenvalue weighted by Gasteiger charge is 2.32. The first kappa shape index (κ1) is 12.1. The van der Waals surface area contributed by atoms with Crippen molar-refractivity contribution in [2.45, 2.75) is 26.1 Å². The van der Waals surface area contributed by atoms with Crippen LogP contribution in [0.5, 0.6) is 5.75 Å². The molecule has 2 rings (SSSR count). The zero-order chi connectivity index (χ0) is 12.6. The zero-order valence-electron chi connectivity index (χ0n) is 9.64. The van der Waals surface area contributed by atoms with Gasteiger partial charge in [-0.3, -0.25) is 0 Å². The molecule has 94 valence electrons. The molecule has 0 spiro atoms. The molecule has 1 aliphatic heterocycles.